The van der Waals surface area contributed by atoms with Crippen molar-refractivity contribution in [2.75, 3.05) is 12.9 Å². The highest BCUT2D eigenvalue weighted by molar-refractivity contribution is 9.10. The summed E-state index contributed by atoms with van der Waals surface area (Å²) in [4.78, 5) is 23.5. The Morgan fingerprint density at radius 3 is 2.64 bits per heavy atom. The van der Waals surface area contributed by atoms with Crippen LogP contribution < -0.4 is 9.81 Å². The molecule has 0 N–H and O–H groups in total. The summed E-state index contributed by atoms with van der Waals surface area (Å²) < 4.78 is 37.3. The smallest absolute Gasteiger partial charge is 0.351 e. The molecule has 0 bridgehead atoms. The van der Waals surface area contributed by atoms with E-state index < -0.39 is 21.7 Å². The quantitative estimate of drug-likeness (QED) is 0.447. The maximum absolute atomic E-state index is 11.8. The fourth-order valence-electron chi connectivity index (χ4n) is 1.72. The van der Waals surface area contributed by atoms with Crippen molar-refractivity contribution in [3.8, 4) is 5.75 Å². The first-order valence-electron chi connectivity index (χ1n) is 6.06. The molecule has 1 aromatic heterocycles. The van der Waals surface area contributed by atoms with Gasteiger partial charge in [-0.2, -0.15) is 8.42 Å². The Kier molecular flexibility index (Phi) is 4.57. The molecule has 0 fully saturated rings. The normalized spacial score (nSPS) is 11.4. The molecule has 118 valence electrons. The maximum Gasteiger partial charge on any atom is 0.351 e. The maximum atomic E-state index is 11.8. The summed E-state index contributed by atoms with van der Waals surface area (Å²) in [5, 5.41) is 0.309. The summed E-state index contributed by atoms with van der Waals surface area (Å²) in [6.45, 7) is 1.71. The molecule has 2 rings (SSSR count). The molecular formula is C13H11BrO7S. The summed E-state index contributed by atoms with van der Waals surface area (Å²) in [6, 6.07) is 3.97. The summed E-state index contributed by atoms with van der Waals surface area (Å²) in [7, 11) is -3.73. The third-order valence-corrected chi connectivity index (χ3v) is 3.85. The van der Waals surface area contributed by atoms with Crippen LogP contribution in [0.5, 0.6) is 5.75 Å². The van der Waals surface area contributed by atoms with Crippen LogP contribution in [0.3, 0.4) is 0 Å². The Morgan fingerprint density at radius 2 is 2.05 bits per heavy atom. The summed E-state index contributed by atoms with van der Waals surface area (Å²) in [5.41, 5.74) is -0.952. The molecule has 0 spiro atoms. The second-order valence-corrected chi connectivity index (χ2v) is 6.61. The van der Waals surface area contributed by atoms with Crippen LogP contribution >= 0.6 is 15.9 Å². The van der Waals surface area contributed by atoms with Crippen molar-refractivity contribution < 1.29 is 26.5 Å². The van der Waals surface area contributed by atoms with Crippen molar-refractivity contribution >= 4 is 43.0 Å². The van der Waals surface area contributed by atoms with Gasteiger partial charge < -0.3 is 13.3 Å². The Morgan fingerprint density at radius 1 is 1.36 bits per heavy atom. The second-order valence-electron chi connectivity index (χ2n) is 4.24. The number of ether oxygens (including phenoxy) is 1. The van der Waals surface area contributed by atoms with E-state index in [1.807, 2.05) is 0 Å². The average Bonchev–Trinajstić information content (AvgIpc) is 2.40. The summed E-state index contributed by atoms with van der Waals surface area (Å²) in [6.07, 6.45) is 0.902. The summed E-state index contributed by atoms with van der Waals surface area (Å²) >= 11 is 3.18. The largest absolute Gasteiger partial charge is 0.462 e. The van der Waals surface area contributed by atoms with Crippen LogP contribution in [0.15, 0.2) is 31.9 Å². The predicted octanol–water partition coefficient (Wildman–Crippen LogP) is 2.07. The van der Waals surface area contributed by atoms with Gasteiger partial charge in [0.05, 0.1) is 17.3 Å². The van der Waals surface area contributed by atoms with Crippen molar-refractivity contribution in [1.82, 2.24) is 0 Å². The molecule has 1 heterocycles. The lowest BCUT2D eigenvalue weighted by molar-refractivity contribution is 0.0521. The Balaban J connectivity index is 2.65. The molecule has 0 amide bonds. The number of halogens is 1. The van der Waals surface area contributed by atoms with E-state index >= 15 is 0 Å². The number of carbonyl (C=O) groups is 1. The monoisotopic (exact) mass is 390 g/mol. The van der Waals surface area contributed by atoms with Gasteiger partial charge in [0.15, 0.2) is 5.75 Å². The molecule has 2 aromatic rings. The fourth-order valence-corrected chi connectivity index (χ4v) is 2.81. The van der Waals surface area contributed by atoms with E-state index in [1.165, 1.54) is 18.2 Å². The lowest BCUT2D eigenvalue weighted by Crippen LogP contribution is -2.16. The van der Waals surface area contributed by atoms with Gasteiger partial charge in [-0.15, -0.1) is 0 Å². The van der Waals surface area contributed by atoms with Gasteiger partial charge in [0.2, 0.25) is 0 Å². The van der Waals surface area contributed by atoms with Gasteiger partial charge in [-0.25, -0.2) is 9.59 Å². The second kappa shape index (κ2) is 6.09. The number of fused-ring (bicyclic) bond motifs is 1. The van der Waals surface area contributed by atoms with E-state index in [4.69, 9.17) is 13.3 Å². The number of hydrogen-bond acceptors (Lipinski definition) is 7. The van der Waals surface area contributed by atoms with Crippen molar-refractivity contribution in [3.05, 3.63) is 38.7 Å². The molecule has 7 nitrogen and oxygen atoms in total. The van der Waals surface area contributed by atoms with Gasteiger partial charge in [-0.05, 0) is 41.1 Å². The highest BCUT2D eigenvalue weighted by Crippen LogP contribution is 2.33. The molecule has 0 saturated carbocycles. The first-order valence-corrected chi connectivity index (χ1v) is 8.67. The topological polar surface area (TPSA) is 99.9 Å². The third-order valence-electron chi connectivity index (χ3n) is 2.55. The number of rotatable bonds is 4. The van der Waals surface area contributed by atoms with E-state index in [9.17, 15) is 18.0 Å². The zero-order valence-electron chi connectivity index (χ0n) is 11.6. The molecule has 0 unspecified atom stereocenters. The molecule has 1 aromatic carbocycles. The molecule has 0 aliphatic heterocycles. The minimum Gasteiger partial charge on any atom is -0.462 e. The van der Waals surface area contributed by atoms with Crippen LogP contribution in [0.4, 0.5) is 0 Å². The molecule has 9 heteroatoms. The molecule has 0 radical (unpaired) electrons. The lowest BCUT2D eigenvalue weighted by atomic mass is 10.2. The van der Waals surface area contributed by atoms with Crippen LogP contribution in [0.25, 0.3) is 11.0 Å². The number of hydrogen-bond donors (Lipinski definition) is 0. The van der Waals surface area contributed by atoms with E-state index in [1.54, 1.807) is 6.92 Å². The lowest BCUT2D eigenvalue weighted by Gasteiger charge is -2.08. The van der Waals surface area contributed by atoms with Gasteiger partial charge in [-0.3, -0.25) is 0 Å². The molecule has 0 aliphatic rings. The molecule has 0 saturated heterocycles. The Bertz CT molecular complexity index is 898. The molecule has 0 atom stereocenters. The standard InChI is InChI=1S/C13H11BrO7S/c1-3-19-12(15)8-6-7-9(20-13(8)16)4-5-10(11(7)14)21-22(2,17)18/h4-6H,3H2,1-2H3. The van der Waals surface area contributed by atoms with Crippen LogP contribution in [0.2, 0.25) is 0 Å². The molecule has 0 aliphatic carbocycles. The van der Waals surface area contributed by atoms with E-state index in [0.29, 0.717) is 5.39 Å². The number of esters is 1. The van der Waals surface area contributed by atoms with Gasteiger partial charge in [0.1, 0.15) is 11.1 Å². The van der Waals surface area contributed by atoms with Crippen molar-refractivity contribution in [3.63, 3.8) is 0 Å². The Labute approximate surface area is 134 Å². The highest BCUT2D eigenvalue weighted by Gasteiger charge is 2.18. The number of carbonyl (C=O) groups excluding carboxylic acids is 1. The van der Waals surface area contributed by atoms with Crippen molar-refractivity contribution in [2.45, 2.75) is 6.92 Å². The van der Waals surface area contributed by atoms with Gasteiger partial charge in [-0.1, -0.05) is 0 Å². The Hall–Kier alpha value is -1.87. The fraction of sp³-hybridized carbons (Fsp3) is 0.231. The zero-order valence-corrected chi connectivity index (χ0v) is 14.0. The van der Waals surface area contributed by atoms with Gasteiger partial charge >= 0.3 is 21.7 Å². The minimum absolute atomic E-state index is 0.0126. The average molecular weight is 391 g/mol. The molecule has 22 heavy (non-hydrogen) atoms. The van der Waals surface area contributed by atoms with Gasteiger partial charge in [0, 0.05) is 5.39 Å². The SMILES string of the molecule is CCOC(=O)c1cc2c(Br)c(OS(C)(=O)=O)ccc2oc1=O. The predicted molar refractivity (Wildman–Crippen MR) is 81.6 cm³/mol. The van der Waals surface area contributed by atoms with E-state index in [2.05, 4.69) is 15.9 Å². The van der Waals surface area contributed by atoms with Crippen LogP contribution in [-0.2, 0) is 14.9 Å². The minimum atomic E-state index is -3.73. The number of benzene rings is 1. The zero-order chi connectivity index (χ0) is 16.5. The van der Waals surface area contributed by atoms with Crippen LogP contribution in [-0.4, -0.2) is 27.2 Å². The molecular weight excluding hydrogens is 380 g/mol. The van der Waals surface area contributed by atoms with Crippen molar-refractivity contribution in [2.24, 2.45) is 0 Å². The third kappa shape index (κ3) is 3.47. The summed E-state index contributed by atoms with van der Waals surface area (Å²) in [5.74, 6) is -0.807. The first-order chi connectivity index (χ1) is 10.2. The first kappa shape index (κ1) is 16.5. The van der Waals surface area contributed by atoms with E-state index in [-0.39, 0.29) is 28.0 Å². The van der Waals surface area contributed by atoms with Crippen LogP contribution in [0.1, 0.15) is 17.3 Å². The van der Waals surface area contributed by atoms with Crippen LogP contribution in [0, 0.1) is 0 Å². The van der Waals surface area contributed by atoms with E-state index in [0.717, 1.165) is 6.26 Å². The van der Waals surface area contributed by atoms with Gasteiger partial charge in [0.25, 0.3) is 0 Å². The highest BCUT2D eigenvalue weighted by atomic mass is 79.9. The van der Waals surface area contributed by atoms with Crippen molar-refractivity contribution in [1.29, 1.82) is 0 Å².